The summed E-state index contributed by atoms with van der Waals surface area (Å²) in [5.74, 6) is 1.72. The predicted molar refractivity (Wildman–Crippen MR) is 75.0 cm³/mol. The molecular weight excluding hydrogens is 254 g/mol. The van der Waals surface area contributed by atoms with Crippen LogP contribution in [0, 0.1) is 6.92 Å². The molecule has 3 aromatic rings. The molecule has 0 aliphatic carbocycles. The van der Waals surface area contributed by atoms with Crippen molar-refractivity contribution >= 4 is 0 Å². The van der Waals surface area contributed by atoms with E-state index in [4.69, 9.17) is 4.42 Å². The van der Waals surface area contributed by atoms with E-state index >= 15 is 0 Å². The van der Waals surface area contributed by atoms with Gasteiger partial charge < -0.3 is 9.73 Å². The molecule has 0 bridgehead atoms. The van der Waals surface area contributed by atoms with Gasteiger partial charge in [0.2, 0.25) is 0 Å². The second kappa shape index (κ2) is 5.75. The molecule has 3 aromatic heterocycles. The molecule has 0 amide bonds. The van der Waals surface area contributed by atoms with Gasteiger partial charge in [-0.15, -0.1) is 0 Å². The minimum Gasteiger partial charge on any atom is -0.460 e. The van der Waals surface area contributed by atoms with Gasteiger partial charge in [-0.25, -0.2) is 0 Å². The van der Waals surface area contributed by atoms with E-state index in [1.165, 1.54) is 0 Å². The molecule has 0 fully saturated rings. The average Bonchev–Trinajstić information content (AvgIpc) is 3.16. The molecule has 0 aliphatic heterocycles. The quantitative estimate of drug-likeness (QED) is 0.672. The van der Waals surface area contributed by atoms with Crippen LogP contribution in [0.5, 0.6) is 0 Å². The predicted octanol–water partition coefficient (Wildman–Crippen LogP) is 1.96. The number of aromatic amines is 1. The van der Waals surface area contributed by atoms with Crippen LogP contribution in [0.2, 0.25) is 0 Å². The van der Waals surface area contributed by atoms with Crippen molar-refractivity contribution in [3.05, 3.63) is 48.1 Å². The molecule has 0 unspecified atom stereocenters. The Labute approximate surface area is 116 Å². The minimum atomic E-state index is 0.743. The Kier molecular flexibility index (Phi) is 3.64. The molecule has 0 saturated carbocycles. The number of furan rings is 1. The first-order valence-corrected chi connectivity index (χ1v) is 6.60. The molecule has 0 radical (unpaired) electrons. The molecule has 0 saturated heterocycles. The van der Waals surface area contributed by atoms with Gasteiger partial charge in [-0.2, -0.15) is 10.2 Å². The van der Waals surface area contributed by atoms with Crippen LogP contribution in [0.3, 0.4) is 0 Å². The van der Waals surface area contributed by atoms with Crippen LogP contribution >= 0.6 is 0 Å². The summed E-state index contributed by atoms with van der Waals surface area (Å²) in [6, 6.07) is 5.83. The fourth-order valence-electron chi connectivity index (χ4n) is 2.08. The van der Waals surface area contributed by atoms with Crippen molar-refractivity contribution in [3.63, 3.8) is 0 Å². The molecule has 20 heavy (non-hydrogen) atoms. The molecule has 104 valence electrons. The molecule has 0 atom stereocenters. The van der Waals surface area contributed by atoms with E-state index < -0.39 is 0 Å². The smallest absolute Gasteiger partial charge is 0.152 e. The topological polar surface area (TPSA) is 71.7 Å². The first-order valence-electron chi connectivity index (χ1n) is 6.60. The summed E-state index contributed by atoms with van der Waals surface area (Å²) in [6.45, 7) is 4.37. The van der Waals surface area contributed by atoms with E-state index in [-0.39, 0.29) is 0 Å². The fraction of sp³-hybridized carbons (Fsp3) is 0.286. The average molecular weight is 271 g/mol. The van der Waals surface area contributed by atoms with Crippen LogP contribution in [0.25, 0.3) is 11.5 Å². The number of H-pyrrole nitrogens is 1. The number of nitrogens with one attached hydrogen (secondary N) is 2. The Balaban J connectivity index is 1.57. The second-order valence-corrected chi connectivity index (χ2v) is 4.63. The standard InChI is InChI=1S/C14H17N5O/c1-11-3-4-13(20-11)14-12(10-16-18-14)9-15-6-8-19-7-2-5-17-19/h2-5,7,10,15H,6,8-9H2,1H3,(H,16,18). The number of rotatable bonds is 6. The van der Waals surface area contributed by atoms with E-state index in [2.05, 4.69) is 20.6 Å². The van der Waals surface area contributed by atoms with E-state index in [1.54, 1.807) is 6.20 Å². The molecule has 0 spiro atoms. The maximum absolute atomic E-state index is 5.62. The summed E-state index contributed by atoms with van der Waals surface area (Å²) in [4.78, 5) is 0. The Morgan fingerprint density at radius 3 is 3.10 bits per heavy atom. The highest BCUT2D eigenvalue weighted by molar-refractivity contribution is 5.56. The van der Waals surface area contributed by atoms with Crippen LogP contribution in [0.4, 0.5) is 0 Å². The van der Waals surface area contributed by atoms with E-state index in [1.807, 2.05) is 42.2 Å². The number of aromatic nitrogens is 4. The normalized spacial score (nSPS) is 11.1. The molecule has 2 N–H and O–H groups in total. The van der Waals surface area contributed by atoms with Crippen LogP contribution in [0.1, 0.15) is 11.3 Å². The lowest BCUT2D eigenvalue weighted by atomic mass is 10.2. The van der Waals surface area contributed by atoms with Gasteiger partial charge in [0.15, 0.2) is 5.76 Å². The van der Waals surface area contributed by atoms with Gasteiger partial charge in [-0.05, 0) is 25.1 Å². The molecule has 6 heteroatoms. The fourth-order valence-corrected chi connectivity index (χ4v) is 2.08. The lowest BCUT2D eigenvalue weighted by molar-refractivity contribution is 0.542. The van der Waals surface area contributed by atoms with Crippen LogP contribution < -0.4 is 5.32 Å². The van der Waals surface area contributed by atoms with Gasteiger partial charge in [0.05, 0.1) is 12.7 Å². The van der Waals surface area contributed by atoms with Crippen molar-refractivity contribution in [1.82, 2.24) is 25.3 Å². The van der Waals surface area contributed by atoms with Crippen LogP contribution in [-0.4, -0.2) is 26.5 Å². The largest absolute Gasteiger partial charge is 0.460 e. The Bertz CT molecular complexity index is 653. The second-order valence-electron chi connectivity index (χ2n) is 4.63. The molecule has 6 nitrogen and oxygen atoms in total. The number of nitrogens with zero attached hydrogens (tertiary/aromatic N) is 3. The van der Waals surface area contributed by atoms with Crippen molar-refractivity contribution in [3.8, 4) is 11.5 Å². The lowest BCUT2D eigenvalue weighted by Crippen LogP contribution is -2.19. The van der Waals surface area contributed by atoms with Crippen molar-refractivity contribution < 1.29 is 4.42 Å². The highest BCUT2D eigenvalue weighted by Gasteiger charge is 2.10. The molecular formula is C14H17N5O. The van der Waals surface area contributed by atoms with Gasteiger partial charge in [0.1, 0.15) is 11.5 Å². The van der Waals surface area contributed by atoms with Gasteiger partial charge in [0.25, 0.3) is 0 Å². The molecule has 3 heterocycles. The number of aryl methyl sites for hydroxylation is 1. The SMILES string of the molecule is Cc1ccc(-c2[nH]ncc2CNCCn2cccn2)o1. The van der Waals surface area contributed by atoms with E-state index in [0.717, 1.165) is 42.4 Å². The van der Waals surface area contributed by atoms with E-state index in [0.29, 0.717) is 0 Å². The zero-order chi connectivity index (χ0) is 13.8. The Hall–Kier alpha value is -2.34. The van der Waals surface area contributed by atoms with Gasteiger partial charge in [0, 0.05) is 31.0 Å². The zero-order valence-electron chi connectivity index (χ0n) is 11.3. The van der Waals surface area contributed by atoms with Crippen molar-refractivity contribution in [2.75, 3.05) is 6.54 Å². The zero-order valence-corrected chi connectivity index (χ0v) is 11.3. The molecule has 3 rings (SSSR count). The third kappa shape index (κ3) is 2.80. The van der Waals surface area contributed by atoms with Crippen LogP contribution in [0.15, 0.2) is 41.2 Å². The molecule has 0 aliphatic rings. The first-order chi connectivity index (χ1) is 9.83. The number of hydrogen-bond donors (Lipinski definition) is 2. The maximum atomic E-state index is 5.62. The maximum Gasteiger partial charge on any atom is 0.152 e. The summed E-state index contributed by atoms with van der Waals surface area (Å²) >= 11 is 0. The highest BCUT2D eigenvalue weighted by atomic mass is 16.3. The highest BCUT2D eigenvalue weighted by Crippen LogP contribution is 2.23. The summed E-state index contributed by atoms with van der Waals surface area (Å²) in [5.41, 5.74) is 2.03. The van der Waals surface area contributed by atoms with Crippen molar-refractivity contribution in [2.24, 2.45) is 0 Å². The Morgan fingerprint density at radius 2 is 2.35 bits per heavy atom. The summed E-state index contributed by atoms with van der Waals surface area (Å²) < 4.78 is 7.52. The first kappa shape index (κ1) is 12.7. The Morgan fingerprint density at radius 1 is 1.40 bits per heavy atom. The van der Waals surface area contributed by atoms with Gasteiger partial charge >= 0.3 is 0 Å². The summed E-state index contributed by atoms with van der Waals surface area (Å²) in [7, 11) is 0. The monoisotopic (exact) mass is 271 g/mol. The number of hydrogen-bond acceptors (Lipinski definition) is 4. The van der Waals surface area contributed by atoms with Crippen molar-refractivity contribution in [2.45, 2.75) is 20.0 Å². The van der Waals surface area contributed by atoms with Crippen molar-refractivity contribution in [1.29, 1.82) is 0 Å². The minimum absolute atomic E-state index is 0.743. The lowest BCUT2D eigenvalue weighted by Gasteiger charge is -2.05. The van der Waals surface area contributed by atoms with Gasteiger partial charge in [-0.1, -0.05) is 0 Å². The summed E-state index contributed by atoms with van der Waals surface area (Å²) in [6.07, 6.45) is 5.57. The van der Waals surface area contributed by atoms with Gasteiger partial charge in [-0.3, -0.25) is 9.78 Å². The molecule has 0 aromatic carbocycles. The van der Waals surface area contributed by atoms with Crippen LogP contribution in [-0.2, 0) is 13.1 Å². The van der Waals surface area contributed by atoms with E-state index in [9.17, 15) is 0 Å². The third-order valence-electron chi connectivity index (χ3n) is 3.10. The summed E-state index contributed by atoms with van der Waals surface area (Å²) in [5, 5.41) is 14.6. The third-order valence-corrected chi connectivity index (χ3v) is 3.10.